The molecule has 25 heavy (non-hydrogen) atoms. The van der Waals surface area contributed by atoms with Gasteiger partial charge in [-0.3, -0.25) is 4.79 Å². The number of aromatic nitrogens is 3. The largest absolute Gasteiger partial charge is 0.317 e. The maximum Gasteiger partial charge on any atom is 0.280 e. The summed E-state index contributed by atoms with van der Waals surface area (Å²) >= 11 is 0. The van der Waals surface area contributed by atoms with E-state index in [-0.39, 0.29) is 18.3 Å². The Kier molecular flexibility index (Phi) is 5.39. The van der Waals surface area contributed by atoms with Gasteiger partial charge in [-0.25, -0.2) is 4.68 Å². The molecule has 0 bridgehead atoms. The number of anilines is 1. The van der Waals surface area contributed by atoms with Crippen molar-refractivity contribution in [3.05, 3.63) is 41.2 Å². The summed E-state index contributed by atoms with van der Waals surface area (Å²) in [4.78, 5) is 14.8. The minimum Gasteiger partial charge on any atom is -0.317 e. The third-order valence-electron chi connectivity index (χ3n) is 5.01. The fraction of sp³-hybridized carbons (Fsp3) is 0.500. The molecule has 0 unspecified atom stereocenters. The lowest BCUT2D eigenvalue weighted by Crippen LogP contribution is -2.35. The van der Waals surface area contributed by atoms with Gasteiger partial charge < -0.3 is 10.2 Å². The van der Waals surface area contributed by atoms with Crippen molar-refractivity contribution >= 4 is 24.0 Å². The number of carbonyl (C=O) groups is 1. The van der Waals surface area contributed by atoms with Gasteiger partial charge in [0.25, 0.3) is 5.91 Å². The van der Waals surface area contributed by atoms with Crippen LogP contribution in [0.3, 0.4) is 0 Å². The lowest BCUT2D eigenvalue weighted by atomic mass is 9.99. The van der Waals surface area contributed by atoms with Crippen LogP contribution in [0.1, 0.15) is 46.9 Å². The predicted molar refractivity (Wildman–Crippen MR) is 99.6 cm³/mol. The Bertz CT molecular complexity index is 754. The summed E-state index contributed by atoms with van der Waals surface area (Å²) in [6, 6.07) is 6.65. The Balaban J connectivity index is 0.00000182. The number of benzene rings is 1. The third kappa shape index (κ3) is 3.55. The fourth-order valence-electron chi connectivity index (χ4n) is 3.70. The average Bonchev–Trinajstić information content (AvgIpc) is 3.11. The molecule has 0 spiro atoms. The van der Waals surface area contributed by atoms with Crippen LogP contribution in [0.25, 0.3) is 0 Å². The van der Waals surface area contributed by atoms with Crippen molar-refractivity contribution in [2.45, 2.75) is 38.6 Å². The van der Waals surface area contributed by atoms with Gasteiger partial charge in [0.05, 0.1) is 12.2 Å². The molecule has 4 rings (SSSR count). The number of hydrogen-bond acceptors (Lipinski definition) is 4. The van der Waals surface area contributed by atoms with E-state index in [4.69, 9.17) is 0 Å². The summed E-state index contributed by atoms with van der Waals surface area (Å²) in [6.45, 7) is 4.82. The maximum atomic E-state index is 12.9. The van der Waals surface area contributed by atoms with Gasteiger partial charge in [0.2, 0.25) is 0 Å². The van der Waals surface area contributed by atoms with E-state index in [1.54, 1.807) is 0 Å². The van der Waals surface area contributed by atoms with Gasteiger partial charge in [-0.05, 0) is 57.3 Å². The van der Waals surface area contributed by atoms with Crippen molar-refractivity contribution in [1.29, 1.82) is 0 Å². The van der Waals surface area contributed by atoms with Crippen LogP contribution in [-0.4, -0.2) is 40.5 Å². The van der Waals surface area contributed by atoms with E-state index in [9.17, 15) is 4.79 Å². The molecule has 1 aromatic heterocycles. The Labute approximate surface area is 154 Å². The second-order valence-electron chi connectivity index (χ2n) is 6.76. The van der Waals surface area contributed by atoms with Crippen LogP contribution in [0.2, 0.25) is 0 Å². The number of fused-ring (bicyclic) bond motifs is 1. The number of halogens is 1. The SMILES string of the molecule is Cc1ccc2c(c1)CCCN2C(=O)c1cn(C2CCNCC2)nn1.Cl. The van der Waals surface area contributed by atoms with E-state index in [1.165, 1.54) is 11.1 Å². The molecule has 2 aliphatic heterocycles. The molecule has 3 heterocycles. The summed E-state index contributed by atoms with van der Waals surface area (Å²) in [5, 5.41) is 11.7. The van der Waals surface area contributed by atoms with Gasteiger partial charge in [0.1, 0.15) is 0 Å². The summed E-state index contributed by atoms with van der Waals surface area (Å²) in [5.41, 5.74) is 3.95. The normalized spacial score (nSPS) is 17.7. The molecule has 1 N–H and O–H groups in total. The molecule has 0 saturated carbocycles. The van der Waals surface area contributed by atoms with Crippen molar-refractivity contribution in [3.63, 3.8) is 0 Å². The van der Waals surface area contributed by atoms with Gasteiger partial charge in [0.15, 0.2) is 5.69 Å². The first kappa shape index (κ1) is 17.9. The van der Waals surface area contributed by atoms with Gasteiger partial charge in [-0.15, -0.1) is 17.5 Å². The Hall–Kier alpha value is -1.92. The van der Waals surface area contributed by atoms with Crippen LogP contribution in [0, 0.1) is 6.92 Å². The van der Waals surface area contributed by atoms with E-state index in [1.807, 2.05) is 15.8 Å². The standard InChI is InChI=1S/C18H23N5O.ClH/c1-13-4-5-17-14(11-13)3-2-10-22(17)18(24)16-12-23(21-20-16)15-6-8-19-9-7-15;/h4-5,11-12,15,19H,2-3,6-10H2,1H3;1H. The van der Waals surface area contributed by atoms with Crippen molar-refractivity contribution in [3.8, 4) is 0 Å². The first-order valence-electron chi connectivity index (χ1n) is 8.76. The highest BCUT2D eigenvalue weighted by molar-refractivity contribution is 6.05. The van der Waals surface area contributed by atoms with Gasteiger partial charge in [0, 0.05) is 12.2 Å². The van der Waals surface area contributed by atoms with E-state index < -0.39 is 0 Å². The van der Waals surface area contributed by atoms with Gasteiger partial charge in [-0.1, -0.05) is 22.9 Å². The van der Waals surface area contributed by atoms with Crippen molar-refractivity contribution in [1.82, 2.24) is 20.3 Å². The Morgan fingerprint density at radius 2 is 2.08 bits per heavy atom. The molecule has 7 heteroatoms. The molecule has 1 saturated heterocycles. The van der Waals surface area contributed by atoms with Crippen LogP contribution < -0.4 is 10.2 Å². The first-order chi connectivity index (χ1) is 11.7. The number of rotatable bonds is 2. The van der Waals surface area contributed by atoms with Gasteiger partial charge >= 0.3 is 0 Å². The highest BCUT2D eigenvalue weighted by atomic mass is 35.5. The summed E-state index contributed by atoms with van der Waals surface area (Å²) in [6.07, 6.45) is 5.90. The van der Waals surface area contributed by atoms with E-state index in [0.29, 0.717) is 11.7 Å². The fourth-order valence-corrected chi connectivity index (χ4v) is 3.70. The number of nitrogens with zero attached hydrogens (tertiary/aromatic N) is 4. The molecule has 0 atom stereocenters. The summed E-state index contributed by atoms with van der Waals surface area (Å²) < 4.78 is 1.87. The smallest absolute Gasteiger partial charge is 0.280 e. The van der Waals surface area contributed by atoms with Crippen LogP contribution in [0.5, 0.6) is 0 Å². The maximum absolute atomic E-state index is 12.9. The number of carbonyl (C=O) groups excluding carboxylic acids is 1. The molecule has 134 valence electrons. The molecular formula is C18H24ClN5O. The van der Waals surface area contributed by atoms with Crippen LogP contribution >= 0.6 is 12.4 Å². The van der Waals surface area contributed by atoms with Gasteiger partial charge in [-0.2, -0.15) is 0 Å². The van der Waals surface area contributed by atoms with Crippen molar-refractivity contribution < 1.29 is 4.79 Å². The topological polar surface area (TPSA) is 63.1 Å². The molecule has 2 aromatic rings. The predicted octanol–water partition coefficient (Wildman–Crippen LogP) is 2.53. The molecule has 0 radical (unpaired) electrons. The Morgan fingerprint density at radius 3 is 2.88 bits per heavy atom. The lowest BCUT2D eigenvalue weighted by Gasteiger charge is -2.29. The highest BCUT2D eigenvalue weighted by Crippen LogP contribution is 2.29. The van der Waals surface area contributed by atoms with E-state index in [2.05, 4.69) is 40.8 Å². The number of aryl methyl sites for hydroxylation is 2. The molecule has 0 aliphatic carbocycles. The number of amides is 1. The lowest BCUT2D eigenvalue weighted by molar-refractivity contribution is 0.0980. The zero-order chi connectivity index (χ0) is 16.5. The third-order valence-corrected chi connectivity index (χ3v) is 5.01. The number of hydrogen-bond donors (Lipinski definition) is 1. The Morgan fingerprint density at radius 1 is 1.28 bits per heavy atom. The van der Waals surface area contributed by atoms with Crippen molar-refractivity contribution in [2.75, 3.05) is 24.5 Å². The molecule has 1 fully saturated rings. The van der Waals surface area contributed by atoms with E-state index in [0.717, 1.165) is 51.0 Å². The second-order valence-corrected chi connectivity index (χ2v) is 6.76. The second kappa shape index (κ2) is 7.54. The summed E-state index contributed by atoms with van der Waals surface area (Å²) in [7, 11) is 0. The molecular weight excluding hydrogens is 338 g/mol. The van der Waals surface area contributed by atoms with Crippen LogP contribution in [-0.2, 0) is 6.42 Å². The number of nitrogens with one attached hydrogen (secondary N) is 1. The van der Waals surface area contributed by atoms with Crippen LogP contribution in [0.15, 0.2) is 24.4 Å². The quantitative estimate of drug-likeness (QED) is 0.892. The molecule has 1 amide bonds. The summed E-state index contributed by atoms with van der Waals surface area (Å²) in [5.74, 6) is -0.0417. The molecule has 2 aliphatic rings. The average molecular weight is 362 g/mol. The minimum atomic E-state index is -0.0417. The van der Waals surface area contributed by atoms with Crippen LogP contribution in [0.4, 0.5) is 5.69 Å². The number of piperidine rings is 1. The minimum absolute atomic E-state index is 0. The zero-order valence-electron chi connectivity index (χ0n) is 14.4. The zero-order valence-corrected chi connectivity index (χ0v) is 15.3. The van der Waals surface area contributed by atoms with Crippen molar-refractivity contribution in [2.24, 2.45) is 0 Å². The molecule has 1 aromatic carbocycles. The van der Waals surface area contributed by atoms with E-state index >= 15 is 0 Å². The monoisotopic (exact) mass is 361 g/mol. The highest BCUT2D eigenvalue weighted by Gasteiger charge is 2.26. The molecule has 6 nitrogen and oxygen atoms in total. The first-order valence-corrected chi connectivity index (χ1v) is 8.76.